The zero-order chi connectivity index (χ0) is 15.5. The Morgan fingerprint density at radius 1 is 1.35 bits per heavy atom. The van der Waals surface area contributed by atoms with Gasteiger partial charge < -0.3 is 4.74 Å². The highest BCUT2D eigenvalue weighted by Crippen LogP contribution is 2.28. The van der Waals surface area contributed by atoms with Crippen LogP contribution in [-0.4, -0.2) is 25.7 Å². The summed E-state index contributed by atoms with van der Waals surface area (Å²) in [5.74, 6) is -0.117. The average molecular weight is 302 g/mol. The third-order valence-corrected chi connectivity index (χ3v) is 3.76. The summed E-state index contributed by atoms with van der Waals surface area (Å²) in [6.07, 6.45) is 0. The second-order valence-corrected chi connectivity index (χ2v) is 6.57. The first-order chi connectivity index (χ1) is 9.10. The average Bonchev–Trinajstić information content (AvgIpc) is 2.24. The van der Waals surface area contributed by atoms with E-state index in [1.54, 1.807) is 26.8 Å². The molecule has 0 spiro atoms. The van der Waals surface area contributed by atoms with E-state index >= 15 is 0 Å². The number of aryl methyl sites for hydroxylation is 2. The summed E-state index contributed by atoms with van der Waals surface area (Å²) in [6.45, 7) is 5.23. The lowest BCUT2D eigenvalue weighted by Gasteiger charge is -2.14. The molecule has 0 saturated heterocycles. The number of nitrogens with two attached hydrogens (primary N) is 1. The predicted molar refractivity (Wildman–Crippen MR) is 75.2 cm³/mol. The number of benzene rings is 1. The van der Waals surface area contributed by atoms with Crippen LogP contribution >= 0.6 is 0 Å². The zero-order valence-electron chi connectivity index (χ0n) is 11.6. The first-order valence-electron chi connectivity index (χ1n) is 5.99. The zero-order valence-corrected chi connectivity index (χ0v) is 12.4. The second-order valence-electron chi connectivity index (χ2n) is 4.91. The van der Waals surface area contributed by atoms with Gasteiger partial charge in [-0.3, -0.25) is 10.1 Å². The molecule has 0 fully saturated rings. The van der Waals surface area contributed by atoms with Crippen molar-refractivity contribution in [3.05, 3.63) is 33.4 Å². The van der Waals surface area contributed by atoms with Crippen molar-refractivity contribution in [2.24, 2.45) is 11.1 Å². The predicted octanol–water partition coefficient (Wildman–Crippen LogP) is 1.52. The molecule has 0 aliphatic carbocycles. The Morgan fingerprint density at radius 2 is 1.95 bits per heavy atom. The Hall–Kier alpha value is -1.67. The van der Waals surface area contributed by atoms with Crippen molar-refractivity contribution in [2.45, 2.75) is 20.8 Å². The van der Waals surface area contributed by atoms with Gasteiger partial charge >= 0.3 is 0 Å². The van der Waals surface area contributed by atoms with Gasteiger partial charge in [-0.05, 0) is 25.5 Å². The molecular formula is C12H18N2O5S. The Bertz CT molecular complexity index is 613. The topological polar surface area (TPSA) is 113 Å². The second kappa shape index (κ2) is 6.19. The molecule has 1 unspecified atom stereocenters. The largest absolute Gasteiger partial charge is 0.493 e. The molecule has 0 bridgehead atoms. The minimum absolute atomic E-state index is 0.0234. The molecule has 1 atom stereocenters. The van der Waals surface area contributed by atoms with Crippen LogP contribution in [0.2, 0.25) is 0 Å². The SMILES string of the molecule is Cc1cc(C)c([N+](=O)[O-])cc1OCC(C)CS(N)(=O)=O. The Morgan fingerprint density at radius 3 is 2.45 bits per heavy atom. The van der Waals surface area contributed by atoms with Crippen molar-refractivity contribution in [3.63, 3.8) is 0 Å². The van der Waals surface area contributed by atoms with Crippen LogP contribution in [0.25, 0.3) is 0 Å². The molecule has 0 aliphatic rings. The summed E-state index contributed by atoms with van der Waals surface area (Å²) in [5.41, 5.74) is 1.29. The van der Waals surface area contributed by atoms with E-state index < -0.39 is 14.9 Å². The fourth-order valence-electron chi connectivity index (χ4n) is 1.85. The number of ether oxygens (including phenoxy) is 1. The standard InChI is InChI=1S/C12H18N2O5S/c1-8(7-20(13,17)18)6-19-12-5-11(14(15)16)9(2)4-10(12)3/h4-5,8H,6-7H2,1-3H3,(H2,13,17,18). The summed E-state index contributed by atoms with van der Waals surface area (Å²) >= 11 is 0. The molecule has 0 amide bonds. The first kappa shape index (κ1) is 16.4. The van der Waals surface area contributed by atoms with E-state index in [0.717, 1.165) is 5.56 Å². The van der Waals surface area contributed by atoms with Crippen molar-refractivity contribution in [1.82, 2.24) is 0 Å². The van der Waals surface area contributed by atoms with Crippen molar-refractivity contribution in [2.75, 3.05) is 12.4 Å². The number of nitrogens with zero attached hydrogens (tertiary/aromatic N) is 1. The van der Waals surface area contributed by atoms with Crippen LogP contribution in [0, 0.1) is 29.9 Å². The van der Waals surface area contributed by atoms with E-state index in [0.29, 0.717) is 11.3 Å². The number of sulfonamides is 1. The molecule has 0 saturated carbocycles. The van der Waals surface area contributed by atoms with Crippen LogP contribution in [0.5, 0.6) is 5.75 Å². The van der Waals surface area contributed by atoms with Crippen LogP contribution < -0.4 is 9.88 Å². The summed E-state index contributed by atoms with van der Waals surface area (Å²) in [7, 11) is -3.55. The lowest BCUT2D eigenvalue weighted by Crippen LogP contribution is -2.25. The van der Waals surface area contributed by atoms with Crippen LogP contribution in [-0.2, 0) is 10.0 Å². The molecule has 7 nitrogen and oxygen atoms in total. The van der Waals surface area contributed by atoms with E-state index in [-0.39, 0.29) is 24.0 Å². The Labute approximate surface area is 117 Å². The van der Waals surface area contributed by atoms with E-state index in [1.165, 1.54) is 6.07 Å². The number of nitro groups is 1. The number of hydrogen-bond donors (Lipinski definition) is 1. The van der Waals surface area contributed by atoms with Crippen LogP contribution in [0.3, 0.4) is 0 Å². The summed E-state index contributed by atoms with van der Waals surface area (Å²) < 4.78 is 27.3. The molecule has 0 heterocycles. The van der Waals surface area contributed by atoms with Gasteiger partial charge in [0, 0.05) is 11.5 Å². The smallest absolute Gasteiger partial charge is 0.276 e. The molecular weight excluding hydrogens is 284 g/mol. The van der Waals surface area contributed by atoms with Gasteiger partial charge in [0.15, 0.2) is 0 Å². The lowest BCUT2D eigenvalue weighted by molar-refractivity contribution is -0.385. The fraction of sp³-hybridized carbons (Fsp3) is 0.500. The van der Waals surface area contributed by atoms with Gasteiger partial charge in [0.2, 0.25) is 10.0 Å². The Kier molecular flexibility index (Phi) is 5.07. The van der Waals surface area contributed by atoms with E-state index in [4.69, 9.17) is 9.88 Å². The lowest BCUT2D eigenvalue weighted by atomic mass is 10.1. The molecule has 0 aromatic heterocycles. The maximum Gasteiger partial charge on any atom is 0.276 e. The minimum Gasteiger partial charge on any atom is -0.493 e. The summed E-state index contributed by atoms with van der Waals surface area (Å²) in [4.78, 5) is 10.4. The van der Waals surface area contributed by atoms with Crippen molar-refractivity contribution < 1.29 is 18.1 Å². The summed E-state index contributed by atoms with van der Waals surface area (Å²) in [6, 6.07) is 3.02. The van der Waals surface area contributed by atoms with Gasteiger partial charge in [-0.15, -0.1) is 0 Å². The van der Waals surface area contributed by atoms with Crippen molar-refractivity contribution in [3.8, 4) is 5.75 Å². The highest BCUT2D eigenvalue weighted by molar-refractivity contribution is 7.89. The molecule has 1 aromatic rings. The highest BCUT2D eigenvalue weighted by Gasteiger charge is 2.16. The molecule has 1 aromatic carbocycles. The van der Waals surface area contributed by atoms with Gasteiger partial charge in [0.05, 0.1) is 23.3 Å². The number of rotatable bonds is 6. The van der Waals surface area contributed by atoms with Crippen molar-refractivity contribution >= 4 is 15.7 Å². The fourth-order valence-corrected chi connectivity index (χ4v) is 2.74. The monoisotopic (exact) mass is 302 g/mol. The molecule has 20 heavy (non-hydrogen) atoms. The third kappa shape index (κ3) is 4.78. The van der Waals surface area contributed by atoms with Crippen LogP contribution in [0.1, 0.15) is 18.1 Å². The molecule has 0 aliphatic heterocycles. The molecule has 8 heteroatoms. The number of hydrogen-bond acceptors (Lipinski definition) is 5. The quantitative estimate of drug-likeness (QED) is 0.632. The highest BCUT2D eigenvalue weighted by atomic mass is 32.2. The summed E-state index contributed by atoms with van der Waals surface area (Å²) in [5, 5.41) is 15.8. The first-order valence-corrected chi connectivity index (χ1v) is 7.70. The maximum atomic E-state index is 10.9. The van der Waals surface area contributed by atoms with Crippen LogP contribution in [0.4, 0.5) is 5.69 Å². The van der Waals surface area contributed by atoms with Gasteiger partial charge in [-0.25, -0.2) is 13.6 Å². The van der Waals surface area contributed by atoms with Crippen molar-refractivity contribution in [1.29, 1.82) is 0 Å². The van der Waals surface area contributed by atoms with E-state index in [9.17, 15) is 18.5 Å². The van der Waals surface area contributed by atoms with Gasteiger partial charge in [0.1, 0.15) is 5.75 Å². The van der Waals surface area contributed by atoms with Gasteiger partial charge in [0.25, 0.3) is 5.69 Å². The number of nitro benzene ring substituents is 1. The van der Waals surface area contributed by atoms with Crippen LogP contribution in [0.15, 0.2) is 12.1 Å². The van der Waals surface area contributed by atoms with Gasteiger partial charge in [-0.1, -0.05) is 6.92 Å². The maximum absolute atomic E-state index is 10.9. The van der Waals surface area contributed by atoms with Gasteiger partial charge in [-0.2, -0.15) is 0 Å². The normalized spacial score (nSPS) is 13.0. The third-order valence-electron chi connectivity index (χ3n) is 2.73. The molecule has 112 valence electrons. The minimum atomic E-state index is -3.55. The molecule has 0 radical (unpaired) electrons. The Balaban J connectivity index is 2.83. The molecule has 2 N–H and O–H groups in total. The number of primary sulfonamides is 1. The van der Waals surface area contributed by atoms with E-state index in [1.807, 2.05) is 0 Å². The van der Waals surface area contributed by atoms with E-state index in [2.05, 4.69) is 0 Å². The molecule has 1 rings (SSSR count).